The Morgan fingerprint density at radius 3 is 2.52 bits per heavy atom. The molecular formula is C22H24N2O4S. The molecule has 6 nitrogen and oxygen atoms in total. The van der Waals surface area contributed by atoms with Crippen LogP contribution in [0.2, 0.25) is 0 Å². The fraction of sp³-hybridized carbons (Fsp3) is 0.318. The summed E-state index contributed by atoms with van der Waals surface area (Å²) in [5.41, 5.74) is 1.13. The van der Waals surface area contributed by atoms with Crippen molar-refractivity contribution in [2.45, 2.75) is 24.2 Å². The van der Waals surface area contributed by atoms with Crippen LogP contribution in [0, 0.1) is 0 Å². The van der Waals surface area contributed by atoms with E-state index in [9.17, 15) is 14.4 Å². The predicted octanol–water partition coefficient (Wildman–Crippen LogP) is 3.27. The van der Waals surface area contributed by atoms with Crippen LogP contribution in [-0.2, 0) is 14.3 Å². The number of ether oxygens (including phenoxy) is 1. The van der Waals surface area contributed by atoms with E-state index in [-0.39, 0.29) is 18.4 Å². The third-order valence-corrected chi connectivity index (χ3v) is 5.58. The summed E-state index contributed by atoms with van der Waals surface area (Å²) >= 11 is 1.74. The summed E-state index contributed by atoms with van der Waals surface area (Å²) in [6.45, 7) is 0.929. The summed E-state index contributed by atoms with van der Waals surface area (Å²) in [7, 11) is 0. The molecule has 0 radical (unpaired) electrons. The van der Waals surface area contributed by atoms with Crippen molar-refractivity contribution in [3.8, 4) is 0 Å². The Morgan fingerprint density at radius 2 is 1.83 bits per heavy atom. The van der Waals surface area contributed by atoms with Gasteiger partial charge >= 0.3 is 5.97 Å². The van der Waals surface area contributed by atoms with Gasteiger partial charge in [-0.25, -0.2) is 4.79 Å². The molecule has 1 fully saturated rings. The second kappa shape index (κ2) is 10.7. The maximum Gasteiger partial charge on any atom is 0.338 e. The predicted molar refractivity (Wildman–Crippen MR) is 113 cm³/mol. The van der Waals surface area contributed by atoms with E-state index in [1.165, 1.54) is 4.90 Å². The Kier molecular flexibility index (Phi) is 7.69. The largest absolute Gasteiger partial charge is 0.452 e. The van der Waals surface area contributed by atoms with Crippen molar-refractivity contribution in [2.24, 2.45) is 0 Å². The van der Waals surface area contributed by atoms with Gasteiger partial charge in [0.2, 0.25) is 5.91 Å². The van der Waals surface area contributed by atoms with Crippen LogP contribution in [0.5, 0.6) is 0 Å². The Morgan fingerprint density at radius 1 is 1.07 bits per heavy atom. The number of esters is 1. The fourth-order valence-corrected chi connectivity index (χ4v) is 3.84. The second-order valence-corrected chi connectivity index (χ2v) is 7.81. The van der Waals surface area contributed by atoms with Crippen molar-refractivity contribution in [1.29, 1.82) is 0 Å². The Bertz CT molecular complexity index is 840. The first kappa shape index (κ1) is 20.9. The molecule has 1 saturated heterocycles. The summed E-state index contributed by atoms with van der Waals surface area (Å²) in [6, 6.07) is 16.8. The van der Waals surface area contributed by atoms with Gasteiger partial charge in [0.15, 0.2) is 6.61 Å². The van der Waals surface area contributed by atoms with Gasteiger partial charge in [0.05, 0.1) is 5.56 Å². The van der Waals surface area contributed by atoms with Crippen molar-refractivity contribution >= 4 is 35.2 Å². The first-order valence-corrected chi connectivity index (χ1v) is 10.6. The normalized spacial score (nSPS) is 13.4. The van der Waals surface area contributed by atoms with Crippen LogP contribution in [0.1, 0.15) is 29.6 Å². The zero-order valence-corrected chi connectivity index (χ0v) is 17.0. The van der Waals surface area contributed by atoms with E-state index in [0.717, 1.165) is 24.3 Å². The Balaban J connectivity index is 1.33. The lowest BCUT2D eigenvalue weighted by Crippen LogP contribution is -2.29. The van der Waals surface area contributed by atoms with Crippen molar-refractivity contribution in [2.75, 3.05) is 30.3 Å². The number of anilines is 1. The molecule has 2 amide bonds. The molecule has 1 heterocycles. The summed E-state index contributed by atoms with van der Waals surface area (Å²) < 4.78 is 5.07. The number of nitrogens with zero attached hydrogens (tertiary/aromatic N) is 1. The summed E-state index contributed by atoms with van der Waals surface area (Å²) in [6.07, 6.45) is 2.24. The van der Waals surface area contributed by atoms with Crippen LogP contribution >= 0.6 is 11.8 Å². The molecule has 2 aromatic rings. The standard InChI is InChI=1S/C22H24N2O4S/c25-20(23-13-5-15-29-19-6-2-1-3-7-19)16-28-22(27)17-9-11-18(12-10-17)24-14-4-8-21(24)26/h1-3,6-7,9-12H,4-5,8,13-16H2,(H,23,25). The van der Waals surface area contributed by atoms with Crippen LogP contribution in [0.25, 0.3) is 0 Å². The number of rotatable bonds is 9. The molecule has 3 rings (SSSR count). The van der Waals surface area contributed by atoms with Crippen LogP contribution in [0.4, 0.5) is 5.69 Å². The highest BCUT2D eigenvalue weighted by atomic mass is 32.2. The van der Waals surface area contributed by atoms with Crippen molar-refractivity contribution in [1.82, 2.24) is 5.32 Å². The number of carbonyl (C=O) groups is 3. The van der Waals surface area contributed by atoms with E-state index in [0.29, 0.717) is 25.1 Å². The van der Waals surface area contributed by atoms with Gasteiger partial charge in [0.1, 0.15) is 0 Å². The average molecular weight is 413 g/mol. The third-order valence-electron chi connectivity index (χ3n) is 4.48. The van der Waals surface area contributed by atoms with Crippen LogP contribution < -0.4 is 10.2 Å². The lowest BCUT2D eigenvalue weighted by molar-refractivity contribution is -0.124. The smallest absolute Gasteiger partial charge is 0.338 e. The molecule has 1 aliphatic heterocycles. The SMILES string of the molecule is O=C(COC(=O)c1ccc(N2CCCC2=O)cc1)NCCCSc1ccccc1. The zero-order valence-electron chi connectivity index (χ0n) is 16.1. The van der Waals surface area contributed by atoms with E-state index < -0.39 is 5.97 Å². The maximum absolute atomic E-state index is 12.1. The van der Waals surface area contributed by atoms with E-state index in [1.807, 2.05) is 18.2 Å². The number of carbonyl (C=O) groups excluding carboxylic acids is 3. The van der Waals surface area contributed by atoms with Crippen LogP contribution in [0.15, 0.2) is 59.5 Å². The summed E-state index contributed by atoms with van der Waals surface area (Å²) in [4.78, 5) is 38.6. The van der Waals surface area contributed by atoms with Gasteiger partial charge in [-0.1, -0.05) is 18.2 Å². The molecule has 0 unspecified atom stereocenters. The second-order valence-electron chi connectivity index (χ2n) is 6.64. The third kappa shape index (κ3) is 6.35. The quantitative estimate of drug-likeness (QED) is 0.389. The minimum atomic E-state index is -0.556. The summed E-state index contributed by atoms with van der Waals surface area (Å²) in [5, 5.41) is 2.75. The van der Waals surface area contributed by atoms with Gasteiger partial charge in [-0.15, -0.1) is 11.8 Å². The van der Waals surface area contributed by atoms with Crippen molar-refractivity contribution in [3.05, 3.63) is 60.2 Å². The number of hydrogen-bond acceptors (Lipinski definition) is 5. The summed E-state index contributed by atoms with van der Waals surface area (Å²) in [5.74, 6) is 0.122. The van der Waals surface area contributed by atoms with Gasteiger partial charge in [-0.3, -0.25) is 9.59 Å². The van der Waals surface area contributed by atoms with Gasteiger partial charge in [0.25, 0.3) is 5.91 Å². The molecule has 29 heavy (non-hydrogen) atoms. The van der Waals surface area contributed by atoms with Gasteiger partial charge in [-0.05, 0) is 55.0 Å². The first-order valence-electron chi connectivity index (χ1n) is 9.65. The number of hydrogen-bond donors (Lipinski definition) is 1. The van der Waals surface area contributed by atoms with Gasteiger partial charge in [-0.2, -0.15) is 0 Å². The zero-order chi connectivity index (χ0) is 20.5. The molecular weight excluding hydrogens is 388 g/mol. The molecule has 7 heteroatoms. The molecule has 0 spiro atoms. The highest BCUT2D eigenvalue weighted by molar-refractivity contribution is 7.99. The molecule has 0 aliphatic carbocycles. The van der Waals surface area contributed by atoms with E-state index in [1.54, 1.807) is 40.9 Å². The molecule has 2 aromatic carbocycles. The van der Waals surface area contributed by atoms with Crippen molar-refractivity contribution in [3.63, 3.8) is 0 Å². The monoisotopic (exact) mass is 412 g/mol. The minimum Gasteiger partial charge on any atom is -0.452 e. The highest BCUT2D eigenvalue weighted by Gasteiger charge is 2.21. The highest BCUT2D eigenvalue weighted by Crippen LogP contribution is 2.21. The molecule has 0 atom stereocenters. The lowest BCUT2D eigenvalue weighted by Gasteiger charge is -2.15. The number of nitrogens with one attached hydrogen (secondary N) is 1. The van der Waals surface area contributed by atoms with Crippen molar-refractivity contribution < 1.29 is 19.1 Å². The fourth-order valence-electron chi connectivity index (χ4n) is 2.97. The van der Waals surface area contributed by atoms with Gasteiger partial charge in [0, 0.05) is 30.1 Å². The molecule has 0 bridgehead atoms. The molecule has 0 saturated carbocycles. The van der Waals surface area contributed by atoms with E-state index in [2.05, 4.69) is 17.4 Å². The molecule has 0 aromatic heterocycles. The van der Waals surface area contributed by atoms with Crippen LogP contribution in [0.3, 0.4) is 0 Å². The topological polar surface area (TPSA) is 75.7 Å². The first-order chi connectivity index (χ1) is 14.1. The van der Waals surface area contributed by atoms with E-state index in [4.69, 9.17) is 4.74 Å². The van der Waals surface area contributed by atoms with E-state index >= 15 is 0 Å². The molecule has 1 aliphatic rings. The maximum atomic E-state index is 12.1. The van der Waals surface area contributed by atoms with Gasteiger partial charge < -0.3 is 15.0 Å². The number of amides is 2. The number of benzene rings is 2. The lowest BCUT2D eigenvalue weighted by atomic mass is 10.2. The Hall–Kier alpha value is -2.80. The average Bonchev–Trinajstić information content (AvgIpc) is 3.18. The Labute approximate surface area is 174 Å². The number of thioether (sulfide) groups is 1. The van der Waals surface area contributed by atoms with Crippen LogP contribution in [-0.4, -0.2) is 43.2 Å². The minimum absolute atomic E-state index is 0.0965. The molecule has 152 valence electrons. The molecule has 1 N–H and O–H groups in total.